The molecule has 0 bridgehead atoms. The topological polar surface area (TPSA) is 71.1 Å². The van der Waals surface area contributed by atoms with E-state index in [1.807, 2.05) is 0 Å². The van der Waals surface area contributed by atoms with Crippen molar-refractivity contribution in [3.63, 3.8) is 0 Å². The van der Waals surface area contributed by atoms with Gasteiger partial charge in [-0.1, -0.05) is 0 Å². The molecule has 94 valence electrons. The van der Waals surface area contributed by atoms with E-state index in [1.165, 1.54) is 12.8 Å². The second-order valence-electron chi connectivity index (χ2n) is 2.79. The summed E-state index contributed by atoms with van der Waals surface area (Å²) in [6.45, 7) is 5.54. The summed E-state index contributed by atoms with van der Waals surface area (Å²) in [6.07, 6.45) is 0.483. The molecule has 1 aliphatic rings. The number of rotatable bonds is 2. The molecule has 1 rings (SSSR count). The smallest absolute Gasteiger partial charge is 0.434 e. The molecule has 6 nitrogen and oxygen atoms in total. The number of hydrogen-bond acceptors (Lipinski definition) is 6. The Morgan fingerprint density at radius 1 is 1.00 bits per heavy atom. The molecule has 0 aromatic heterocycles. The molecule has 16 heavy (non-hydrogen) atoms. The maximum Gasteiger partial charge on any atom is 0.518 e. The van der Waals surface area contributed by atoms with Gasteiger partial charge in [-0.15, -0.1) is 0 Å². The van der Waals surface area contributed by atoms with Crippen LogP contribution in [-0.2, 0) is 18.9 Å². The quantitative estimate of drug-likeness (QED) is 0.538. The van der Waals surface area contributed by atoms with E-state index >= 15 is 0 Å². The van der Waals surface area contributed by atoms with Crippen LogP contribution in [0.4, 0.5) is 9.59 Å². The van der Waals surface area contributed by atoms with E-state index in [1.54, 1.807) is 13.8 Å². The molecular formula is C10H18O6. The number of carbonyl (C=O) groups excluding carboxylic acids is 2. The van der Waals surface area contributed by atoms with Gasteiger partial charge in [-0.2, -0.15) is 0 Å². The Balaban J connectivity index is 0.000000368. The van der Waals surface area contributed by atoms with Crippen molar-refractivity contribution < 1.29 is 28.5 Å². The number of carbonyl (C=O) groups is 2. The van der Waals surface area contributed by atoms with Crippen LogP contribution in [0, 0.1) is 0 Å². The molecule has 1 fully saturated rings. The Morgan fingerprint density at radius 2 is 1.44 bits per heavy atom. The van der Waals surface area contributed by atoms with Crippen molar-refractivity contribution in [1.29, 1.82) is 0 Å². The predicted octanol–water partition coefficient (Wildman–Crippen LogP) is 2.11. The van der Waals surface area contributed by atoms with Crippen LogP contribution in [0.15, 0.2) is 0 Å². The summed E-state index contributed by atoms with van der Waals surface area (Å²) in [5.74, 6) is 0. The van der Waals surface area contributed by atoms with Gasteiger partial charge < -0.3 is 18.9 Å². The van der Waals surface area contributed by atoms with E-state index in [0.717, 1.165) is 13.2 Å². The molecule has 0 aromatic rings. The van der Waals surface area contributed by atoms with Crippen molar-refractivity contribution in [3.8, 4) is 0 Å². The molecule has 0 atom stereocenters. The van der Waals surface area contributed by atoms with Crippen molar-refractivity contribution in [3.05, 3.63) is 0 Å². The summed E-state index contributed by atoms with van der Waals surface area (Å²) in [7, 11) is 0. The maximum atomic E-state index is 10.4. The van der Waals surface area contributed by atoms with Gasteiger partial charge in [0.15, 0.2) is 0 Å². The Labute approximate surface area is 94.8 Å². The van der Waals surface area contributed by atoms with Crippen LogP contribution in [0.1, 0.15) is 26.7 Å². The summed E-state index contributed by atoms with van der Waals surface area (Å²) in [5.41, 5.74) is 0. The molecule has 0 aromatic carbocycles. The molecule has 0 spiro atoms. The van der Waals surface area contributed by atoms with Gasteiger partial charge in [-0.05, 0) is 26.7 Å². The van der Waals surface area contributed by atoms with Gasteiger partial charge in [-0.25, -0.2) is 9.59 Å². The van der Waals surface area contributed by atoms with Crippen molar-refractivity contribution in [2.75, 3.05) is 26.4 Å². The molecule has 1 aliphatic heterocycles. The van der Waals surface area contributed by atoms with E-state index in [0.29, 0.717) is 0 Å². The van der Waals surface area contributed by atoms with E-state index in [-0.39, 0.29) is 13.2 Å². The van der Waals surface area contributed by atoms with Crippen LogP contribution >= 0.6 is 0 Å². The van der Waals surface area contributed by atoms with E-state index in [9.17, 15) is 9.59 Å². The van der Waals surface area contributed by atoms with Crippen molar-refractivity contribution >= 4 is 12.3 Å². The third-order valence-corrected chi connectivity index (χ3v) is 1.52. The lowest BCUT2D eigenvalue weighted by molar-refractivity contribution is 0.0409. The summed E-state index contributed by atoms with van der Waals surface area (Å²) in [6, 6.07) is 0. The van der Waals surface area contributed by atoms with Gasteiger partial charge in [0.1, 0.15) is 0 Å². The lowest BCUT2D eigenvalue weighted by Crippen LogP contribution is -2.14. The van der Waals surface area contributed by atoms with E-state index in [4.69, 9.17) is 4.74 Å². The van der Waals surface area contributed by atoms with Crippen molar-refractivity contribution in [2.45, 2.75) is 26.7 Å². The first kappa shape index (κ1) is 14.7. The van der Waals surface area contributed by atoms with Crippen LogP contribution in [0.25, 0.3) is 0 Å². The van der Waals surface area contributed by atoms with Gasteiger partial charge in [0.25, 0.3) is 0 Å². The highest BCUT2D eigenvalue weighted by Gasteiger charge is 2.10. The monoisotopic (exact) mass is 234 g/mol. The highest BCUT2D eigenvalue weighted by molar-refractivity contribution is 5.76. The Kier molecular flexibility index (Phi) is 9.39. The molecule has 0 saturated carbocycles. The fraction of sp³-hybridized carbons (Fsp3) is 0.800. The number of hydrogen-bond donors (Lipinski definition) is 0. The van der Waals surface area contributed by atoms with Crippen LogP contribution in [-0.4, -0.2) is 38.7 Å². The van der Waals surface area contributed by atoms with Gasteiger partial charge in [0.05, 0.1) is 13.2 Å². The highest BCUT2D eigenvalue weighted by atomic mass is 16.8. The fourth-order valence-electron chi connectivity index (χ4n) is 0.873. The first-order chi connectivity index (χ1) is 7.70. The SMILES string of the molecule is C1CCOC1.CCOC(=O)OC(=O)OCC. The van der Waals surface area contributed by atoms with Crippen molar-refractivity contribution in [2.24, 2.45) is 0 Å². The summed E-state index contributed by atoms with van der Waals surface area (Å²) >= 11 is 0. The minimum absolute atomic E-state index is 0.165. The van der Waals surface area contributed by atoms with Crippen molar-refractivity contribution in [1.82, 2.24) is 0 Å². The first-order valence-electron chi connectivity index (χ1n) is 5.29. The summed E-state index contributed by atoms with van der Waals surface area (Å²) in [4.78, 5) is 20.8. The highest BCUT2D eigenvalue weighted by Crippen LogP contribution is 1.98. The maximum absolute atomic E-state index is 10.4. The van der Waals surface area contributed by atoms with E-state index in [2.05, 4.69) is 14.2 Å². The molecule has 0 N–H and O–H groups in total. The Hall–Kier alpha value is -1.30. The molecule has 0 amide bonds. The van der Waals surface area contributed by atoms with Gasteiger partial charge >= 0.3 is 12.3 Å². The zero-order chi connectivity index (χ0) is 12.2. The van der Waals surface area contributed by atoms with Crippen LogP contribution in [0.5, 0.6) is 0 Å². The number of ether oxygens (including phenoxy) is 4. The zero-order valence-electron chi connectivity index (χ0n) is 9.69. The second-order valence-corrected chi connectivity index (χ2v) is 2.79. The molecule has 0 unspecified atom stereocenters. The minimum Gasteiger partial charge on any atom is -0.434 e. The Bertz CT molecular complexity index is 176. The summed E-state index contributed by atoms with van der Waals surface area (Å²) < 4.78 is 17.5. The lowest BCUT2D eigenvalue weighted by Gasteiger charge is -2.01. The standard InChI is InChI=1S/C6H10O5.C4H8O/c1-3-9-5(7)11-6(8)10-4-2;1-2-4-5-3-1/h3-4H2,1-2H3;1-4H2. The van der Waals surface area contributed by atoms with Gasteiger partial charge in [0.2, 0.25) is 0 Å². The normalized spacial score (nSPS) is 13.4. The van der Waals surface area contributed by atoms with Crippen LogP contribution in [0.2, 0.25) is 0 Å². The van der Waals surface area contributed by atoms with Crippen LogP contribution < -0.4 is 0 Å². The molecule has 0 radical (unpaired) electrons. The van der Waals surface area contributed by atoms with Crippen LogP contribution in [0.3, 0.4) is 0 Å². The fourth-order valence-corrected chi connectivity index (χ4v) is 0.873. The van der Waals surface area contributed by atoms with Gasteiger partial charge in [-0.3, -0.25) is 0 Å². The lowest BCUT2D eigenvalue weighted by atomic mass is 10.4. The average molecular weight is 234 g/mol. The minimum atomic E-state index is -1.04. The second kappa shape index (κ2) is 10.2. The van der Waals surface area contributed by atoms with Gasteiger partial charge in [0, 0.05) is 13.2 Å². The molecular weight excluding hydrogens is 216 g/mol. The first-order valence-corrected chi connectivity index (χ1v) is 5.29. The average Bonchev–Trinajstić information content (AvgIpc) is 2.75. The molecule has 6 heteroatoms. The van der Waals surface area contributed by atoms with E-state index < -0.39 is 12.3 Å². The molecule has 1 heterocycles. The largest absolute Gasteiger partial charge is 0.518 e. The summed E-state index contributed by atoms with van der Waals surface area (Å²) in [5, 5.41) is 0. The zero-order valence-corrected chi connectivity index (χ0v) is 9.69. The molecule has 0 aliphatic carbocycles. The third kappa shape index (κ3) is 9.26. The third-order valence-electron chi connectivity index (χ3n) is 1.52. The molecule has 1 saturated heterocycles. The Morgan fingerprint density at radius 3 is 1.69 bits per heavy atom. The predicted molar refractivity (Wildman–Crippen MR) is 55.2 cm³/mol.